The Labute approximate surface area is 79.1 Å². The Morgan fingerprint density at radius 3 is 2.67 bits per heavy atom. The molecule has 3 nitrogen and oxygen atoms in total. The molecule has 0 bridgehead atoms. The third-order valence-electron chi connectivity index (χ3n) is 2.16. The van der Waals surface area contributed by atoms with Crippen molar-refractivity contribution in [1.82, 2.24) is 0 Å². The summed E-state index contributed by atoms with van der Waals surface area (Å²) in [6.07, 6.45) is 2.92. The van der Waals surface area contributed by atoms with E-state index in [-0.39, 0.29) is 30.3 Å². The fourth-order valence-corrected chi connectivity index (χ4v) is 1.53. The van der Waals surface area contributed by atoms with Crippen molar-refractivity contribution >= 4 is 18.4 Å². The highest BCUT2D eigenvalue weighted by molar-refractivity contribution is 5.85. The van der Waals surface area contributed by atoms with Gasteiger partial charge in [0.1, 0.15) is 0 Å². The summed E-state index contributed by atoms with van der Waals surface area (Å²) in [5.74, 6) is -0.146. The largest absolute Gasteiger partial charge is 0.466 e. The summed E-state index contributed by atoms with van der Waals surface area (Å²) in [5.41, 5.74) is 5.71. The Morgan fingerprint density at radius 1 is 1.58 bits per heavy atom. The number of nitrogens with two attached hydrogens (primary N) is 1. The molecule has 2 atom stereocenters. The molecule has 0 spiro atoms. The van der Waals surface area contributed by atoms with Crippen LogP contribution in [-0.4, -0.2) is 18.6 Å². The van der Waals surface area contributed by atoms with Gasteiger partial charge in [-0.1, -0.05) is 6.42 Å². The molecule has 0 amide bonds. The molecule has 0 aromatic rings. The number of hydrogen-bond donors (Lipinski definition) is 1. The van der Waals surface area contributed by atoms with Crippen LogP contribution in [0.5, 0.6) is 0 Å². The van der Waals surface area contributed by atoms with E-state index in [1.807, 2.05) is 6.92 Å². The lowest BCUT2D eigenvalue weighted by molar-refractivity contribution is -0.148. The second kappa shape index (κ2) is 5.38. The van der Waals surface area contributed by atoms with Gasteiger partial charge in [-0.3, -0.25) is 4.79 Å². The van der Waals surface area contributed by atoms with Crippen molar-refractivity contribution < 1.29 is 9.53 Å². The number of carbonyl (C=O) groups excluding carboxylic acids is 1. The first-order chi connectivity index (χ1) is 5.25. The zero-order chi connectivity index (χ0) is 8.27. The molecule has 12 heavy (non-hydrogen) atoms. The van der Waals surface area contributed by atoms with Gasteiger partial charge in [0.15, 0.2) is 0 Å². The van der Waals surface area contributed by atoms with E-state index in [2.05, 4.69) is 0 Å². The number of halogens is 1. The third-order valence-corrected chi connectivity index (χ3v) is 2.16. The highest BCUT2D eigenvalue weighted by atomic mass is 35.5. The second-order valence-electron chi connectivity index (χ2n) is 2.95. The van der Waals surface area contributed by atoms with Crippen molar-refractivity contribution in [3.05, 3.63) is 0 Å². The van der Waals surface area contributed by atoms with E-state index in [1.54, 1.807) is 0 Å². The fraction of sp³-hybridized carbons (Fsp3) is 0.875. The normalized spacial score (nSPS) is 27.8. The lowest BCUT2D eigenvalue weighted by atomic mass is 10.1. The summed E-state index contributed by atoms with van der Waals surface area (Å²) in [6, 6.07) is 0.0362. The van der Waals surface area contributed by atoms with Crippen LogP contribution in [0.2, 0.25) is 0 Å². The average molecular weight is 194 g/mol. The maximum atomic E-state index is 11.2. The third kappa shape index (κ3) is 2.64. The highest BCUT2D eigenvalue weighted by Crippen LogP contribution is 2.24. The lowest BCUT2D eigenvalue weighted by Crippen LogP contribution is -2.31. The molecule has 0 unspecified atom stereocenters. The van der Waals surface area contributed by atoms with Crippen LogP contribution < -0.4 is 5.73 Å². The van der Waals surface area contributed by atoms with Gasteiger partial charge < -0.3 is 10.5 Å². The summed E-state index contributed by atoms with van der Waals surface area (Å²) in [5, 5.41) is 0. The minimum Gasteiger partial charge on any atom is -0.466 e. The quantitative estimate of drug-likeness (QED) is 0.669. The first kappa shape index (κ1) is 11.7. The van der Waals surface area contributed by atoms with Gasteiger partial charge in [0, 0.05) is 6.04 Å². The number of ether oxygens (including phenoxy) is 1. The minimum absolute atomic E-state index is 0. The predicted molar refractivity (Wildman–Crippen MR) is 49.2 cm³/mol. The molecule has 1 saturated carbocycles. The summed E-state index contributed by atoms with van der Waals surface area (Å²) >= 11 is 0. The van der Waals surface area contributed by atoms with Crippen LogP contribution in [0.25, 0.3) is 0 Å². The molecule has 1 aliphatic carbocycles. The number of esters is 1. The summed E-state index contributed by atoms with van der Waals surface area (Å²) in [7, 11) is 0. The van der Waals surface area contributed by atoms with E-state index in [1.165, 1.54) is 0 Å². The molecule has 1 fully saturated rings. The SMILES string of the molecule is CCOC(=O)[C@@H]1CCC[C@@H]1N.Cl. The van der Waals surface area contributed by atoms with E-state index in [0.717, 1.165) is 19.3 Å². The van der Waals surface area contributed by atoms with E-state index >= 15 is 0 Å². The molecule has 0 aromatic carbocycles. The molecule has 2 N–H and O–H groups in total. The summed E-state index contributed by atoms with van der Waals surface area (Å²) in [4.78, 5) is 11.2. The predicted octanol–water partition coefficient (Wildman–Crippen LogP) is 1.10. The Balaban J connectivity index is 0.00000121. The molecule has 0 aromatic heterocycles. The van der Waals surface area contributed by atoms with Gasteiger partial charge in [-0.2, -0.15) is 0 Å². The maximum Gasteiger partial charge on any atom is 0.310 e. The van der Waals surface area contributed by atoms with Crippen molar-refractivity contribution in [2.24, 2.45) is 11.7 Å². The van der Waals surface area contributed by atoms with Gasteiger partial charge in [-0.25, -0.2) is 0 Å². The molecular formula is C8H16ClNO2. The molecule has 0 saturated heterocycles. The van der Waals surface area contributed by atoms with Crippen LogP contribution in [0.4, 0.5) is 0 Å². The van der Waals surface area contributed by atoms with Crippen molar-refractivity contribution in [2.75, 3.05) is 6.61 Å². The highest BCUT2D eigenvalue weighted by Gasteiger charge is 2.31. The minimum atomic E-state index is -0.113. The first-order valence-corrected chi connectivity index (χ1v) is 4.18. The number of hydrogen-bond acceptors (Lipinski definition) is 3. The van der Waals surface area contributed by atoms with Crippen LogP contribution in [0, 0.1) is 5.92 Å². The fourth-order valence-electron chi connectivity index (χ4n) is 1.53. The smallest absolute Gasteiger partial charge is 0.310 e. The van der Waals surface area contributed by atoms with E-state index in [0.29, 0.717) is 6.61 Å². The molecule has 0 heterocycles. The zero-order valence-corrected chi connectivity index (χ0v) is 8.10. The standard InChI is InChI=1S/C8H15NO2.ClH/c1-2-11-8(10)6-4-3-5-7(6)9;/h6-7H,2-5,9H2,1H3;1H/t6-,7+;/m1./s1. The topological polar surface area (TPSA) is 52.3 Å². The monoisotopic (exact) mass is 193 g/mol. The van der Waals surface area contributed by atoms with Crippen LogP contribution >= 0.6 is 12.4 Å². The molecular weight excluding hydrogens is 178 g/mol. The van der Waals surface area contributed by atoms with Gasteiger partial charge >= 0.3 is 5.97 Å². The van der Waals surface area contributed by atoms with Crippen molar-refractivity contribution in [2.45, 2.75) is 32.2 Å². The Bertz CT molecular complexity index is 152. The maximum absolute atomic E-state index is 11.2. The van der Waals surface area contributed by atoms with Gasteiger partial charge in [0.05, 0.1) is 12.5 Å². The van der Waals surface area contributed by atoms with Gasteiger partial charge in [-0.05, 0) is 19.8 Å². The number of carbonyl (C=O) groups is 1. The summed E-state index contributed by atoms with van der Waals surface area (Å²) in [6.45, 7) is 2.28. The Hall–Kier alpha value is -0.280. The summed E-state index contributed by atoms with van der Waals surface area (Å²) < 4.78 is 4.88. The van der Waals surface area contributed by atoms with Crippen LogP contribution in [0.1, 0.15) is 26.2 Å². The molecule has 4 heteroatoms. The molecule has 0 aliphatic heterocycles. The van der Waals surface area contributed by atoms with Crippen LogP contribution in [0.15, 0.2) is 0 Å². The first-order valence-electron chi connectivity index (χ1n) is 4.18. The lowest BCUT2D eigenvalue weighted by Gasteiger charge is -2.12. The van der Waals surface area contributed by atoms with Crippen LogP contribution in [0.3, 0.4) is 0 Å². The van der Waals surface area contributed by atoms with E-state index in [9.17, 15) is 4.79 Å². The van der Waals surface area contributed by atoms with Gasteiger partial charge in [0.2, 0.25) is 0 Å². The van der Waals surface area contributed by atoms with Gasteiger partial charge in [-0.15, -0.1) is 12.4 Å². The number of rotatable bonds is 2. The van der Waals surface area contributed by atoms with Crippen LogP contribution in [-0.2, 0) is 9.53 Å². The Morgan fingerprint density at radius 2 is 2.25 bits per heavy atom. The van der Waals surface area contributed by atoms with E-state index in [4.69, 9.17) is 10.5 Å². The average Bonchev–Trinajstić information content (AvgIpc) is 2.36. The van der Waals surface area contributed by atoms with E-state index < -0.39 is 0 Å². The van der Waals surface area contributed by atoms with Crippen molar-refractivity contribution in [1.29, 1.82) is 0 Å². The van der Waals surface area contributed by atoms with Crippen molar-refractivity contribution in [3.63, 3.8) is 0 Å². The molecule has 1 aliphatic rings. The van der Waals surface area contributed by atoms with Gasteiger partial charge in [0.25, 0.3) is 0 Å². The molecule has 72 valence electrons. The molecule has 1 rings (SSSR count). The Kier molecular flexibility index (Phi) is 5.25. The zero-order valence-electron chi connectivity index (χ0n) is 7.29. The second-order valence-corrected chi connectivity index (χ2v) is 2.95. The van der Waals surface area contributed by atoms with Crippen molar-refractivity contribution in [3.8, 4) is 0 Å². The molecule has 0 radical (unpaired) electrons.